The molecule has 0 aliphatic heterocycles. The SMILES string of the molecule is COC(=O)c1c(O)c2ccc([N+](=O)[O-])cc2n(Cc2ccccc2)c1=O. The molecule has 1 N–H and O–H groups in total. The Balaban J connectivity index is 2.37. The van der Waals surface area contributed by atoms with E-state index in [4.69, 9.17) is 0 Å². The lowest BCUT2D eigenvalue weighted by atomic mass is 10.1. The van der Waals surface area contributed by atoms with E-state index in [9.17, 15) is 24.8 Å². The molecule has 0 amide bonds. The highest BCUT2D eigenvalue weighted by Crippen LogP contribution is 2.30. The molecule has 1 aromatic heterocycles. The number of benzene rings is 2. The quantitative estimate of drug-likeness (QED) is 0.437. The van der Waals surface area contributed by atoms with Crippen molar-refractivity contribution in [3.8, 4) is 5.75 Å². The number of rotatable bonds is 4. The van der Waals surface area contributed by atoms with E-state index in [0.717, 1.165) is 12.7 Å². The predicted octanol–water partition coefficient (Wildman–Crippen LogP) is 2.45. The van der Waals surface area contributed by atoms with E-state index in [1.165, 1.54) is 22.8 Å². The first-order valence-electron chi connectivity index (χ1n) is 7.60. The number of methoxy groups -OCH3 is 1. The molecule has 0 saturated heterocycles. The fourth-order valence-corrected chi connectivity index (χ4v) is 2.75. The average molecular weight is 354 g/mol. The number of pyridine rings is 1. The van der Waals surface area contributed by atoms with Crippen molar-refractivity contribution in [3.05, 3.63) is 80.1 Å². The Bertz CT molecular complexity index is 1070. The van der Waals surface area contributed by atoms with Gasteiger partial charge in [0, 0.05) is 17.5 Å². The Morgan fingerprint density at radius 3 is 2.54 bits per heavy atom. The number of aromatic hydroxyl groups is 1. The van der Waals surface area contributed by atoms with Crippen LogP contribution in [0.25, 0.3) is 10.9 Å². The second-order valence-electron chi connectivity index (χ2n) is 5.55. The molecule has 0 spiro atoms. The Kier molecular flexibility index (Phi) is 4.40. The van der Waals surface area contributed by atoms with Gasteiger partial charge in [0.15, 0.2) is 5.56 Å². The molecule has 0 aliphatic carbocycles. The van der Waals surface area contributed by atoms with Crippen LogP contribution < -0.4 is 5.56 Å². The highest BCUT2D eigenvalue weighted by atomic mass is 16.6. The number of carbonyl (C=O) groups excluding carboxylic acids is 1. The van der Waals surface area contributed by atoms with Gasteiger partial charge in [0.2, 0.25) is 0 Å². The van der Waals surface area contributed by atoms with E-state index in [1.54, 1.807) is 24.3 Å². The number of non-ortho nitro benzene ring substituents is 1. The Morgan fingerprint density at radius 1 is 1.23 bits per heavy atom. The van der Waals surface area contributed by atoms with Crippen LogP contribution in [0.5, 0.6) is 5.75 Å². The first-order chi connectivity index (χ1) is 12.4. The highest BCUT2D eigenvalue weighted by molar-refractivity contribution is 6.00. The van der Waals surface area contributed by atoms with E-state index < -0.39 is 27.8 Å². The van der Waals surface area contributed by atoms with Gasteiger partial charge in [-0.05, 0) is 11.6 Å². The van der Waals surface area contributed by atoms with Crippen molar-refractivity contribution in [1.82, 2.24) is 4.57 Å². The first kappa shape index (κ1) is 17.2. The average Bonchev–Trinajstić information content (AvgIpc) is 2.65. The molecule has 0 aliphatic rings. The zero-order valence-electron chi connectivity index (χ0n) is 13.7. The van der Waals surface area contributed by atoms with E-state index in [-0.39, 0.29) is 23.1 Å². The number of nitro benzene ring substituents is 1. The van der Waals surface area contributed by atoms with Crippen LogP contribution in [0, 0.1) is 10.1 Å². The molecule has 0 bridgehead atoms. The van der Waals surface area contributed by atoms with E-state index in [2.05, 4.69) is 4.74 Å². The van der Waals surface area contributed by atoms with Crippen LogP contribution in [0.2, 0.25) is 0 Å². The maximum absolute atomic E-state index is 12.8. The smallest absolute Gasteiger partial charge is 0.347 e. The van der Waals surface area contributed by atoms with Crippen molar-refractivity contribution >= 4 is 22.6 Å². The van der Waals surface area contributed by atoms with Gasteiger partial charge in [-0.1, -0.05) is 30.3 Å². The number of hydrogen-bond donors (Lipinski definition) is 1. The highest BCUT2D eigenvalue weighted by Gasteiger charge is 2.24. The monoisotopic (exact) mass is 354 g/mol. The van der Waals surface area contributed by atoms with Gasteiger partial charge < -0.3 is 14.4 Å². The molecule has 0 atom stereocenters. The summed E-state index contributed by atoms with van der Waals surface area (Å²) in [7, 11) is 1.10. The molecule has 8 nitrogen and oxygen atoms in total. The standard InChI is InChI=1S/C18H14N2O6/c1-26-18(23)15-16(21)13-8-7-12(20(24)25)9-14(13)19(17(15)22)10-11-5-3-2-4-6-11/h2-9,21H,10H2,1H3. The van der Waals surface area contributed by atoms with Gasteiger partial charge in [-0.3, -0.25) is 14.9 Å². The number of nitrogens with zero attached hydrogens (tertiary/aromatic N) is 2. The van der Waals surface area contributed by atoms with Crippen molar-refractivity contribution in [2.24, 2.45) is 0 Å². The third-order valence-electron chi connectivity index (χ3n) is 4.01. The predicted molar refractivity (Wildman–Crippen MR) is 93.4 cm³/mol. The summed E-state index contributed by atoms with van der Waals surface area (Å²) in [6.07, 6.45) is 0. The van der Waals surface area contributed by atoms with Crippen molar-refractivity contribution in [2.45, 2.75) is 6.54 Å². The van der Waals surface area contributed by atoms with Crippen molar-refractivity contribution < 1.29 is 19.6 Å². The molecule has 3 aromatic rings. The minimum atomic E-state index is -0.977. The molecule has 132 valence electrons. The van der Waals surface area contributed by atoms with Crippen LogP contribution in [-0.2, 0) is 11.3 Å². The van der Waals surface area contributed by atoms with Crippen LogP contribution in [0.3, 0.4) is 0 Å². The lowest BCUT2D eigenvalue weighted by molar-refractivity contribution is -0.384. The number of fused-ring (bicyclic) bond motifs is 1. The fraction of sp³-hybridized carbons (Fsp3) is 0.111. The van der Waals surface area contributed by atoms with Crippen LogP contribution in [-0.4, -0.2) is 27.7 Å². The Hall–Kier alpha value is -3.68. The van der Waals surface area contributed by atoms with Gasteiger partial charge in [-0.2, -0.15) is 0 Å². The molecule has 0 radical (unpaired) electrons. The zero-order valence-corrected chi connectivity index (χ0v) is 13.7. The Labute approximate surface area is 147 Å². The molecular formula is C18H14N2O6. The lowest BCUT2D eigenvalue weighted by Gasteiger charge is -2.14. The van der Waals surface area contributed by atoms with E-state index in [1.807, 2.05) is 6.07 Å². The maximum Gasteiger partial charge on any atom is 0.347 e. The largest absolute Gasteiger partial charge is 0.506 e. The summed E-state index contributed by atoms with van der Waals surface area (Å²) in [6, 6.07) is 12.6. The third kappa shape index (κ3) is 2.88. The van der Waals surface area contributed by atoms with Gasteiger partial charge in [-0.15, -0.1) is 0 Å². The van der Waals surface area contributed by atoms with Gasteiger partial charge >= 0.3 is 5.97 Å². The van der Waals surface area contributed by atoms with Gasteiger partial charge in [0.1, 0.15) is 5.75 Å². The summed E-state index contributed by atoms with van der Waals surface area (Å²) < 4.78 is 5.81. The molecule has 1 heterocycles. The topological polar surface area (TPSA) is 112 Å². The number of ether oxygens (including phenoxy) is 1. The third-order valence-corrected chi connectivity index (χ3v) is 4.01. The minimum absolute atomic E-state index is 0.0710. The summed E-state index contributed by atoms with van der Waals surface area (Å²) in [5.41, 5.74) is -0.623. The van der Waals surface area contributed by atoms with Crippen LogP contribution in [0.4, 0.5) is 5.69 Å². The Morgan fingerprint density at radius 2 is 1.92 bits per heavy atom. The van der Waals surface area contributed by atoms with Crippen molar-refractivity contribution in [1.29, 1.82) is 0 Å². The fourth-order valence-electron chi connectivity index (χ4n) is 2.75. The molecule has 3 rings (SSSR count). The maximum atomic E-state index is 12.8. The number of hydrogen-bond acceptors (Lipinski definition) is 6. The molecule has 0 saturated carbocycles. The minimum Gasteiger partial charge on any atom is -0.506 e. The molecule has 8 heteroatoms. The molecule has 0 fully saturated rings. The van der Waals surface area contributed by atoms with Gasteiger partial charge in [0.05, 0.1) is 24.1 Å². The summed E-state index contributed by atoms with van der Waals surface area (Å²) in [5, 5.41) is 21.6. The number of aromatic nitrogens is 1. The first-order valence-corrected chi connectivity index (χ1v) is 7.60. The van der Waals surface area contributed by atoms with Crippen LogP contribution in [0.1, 0.15) is 15.9 Å². The summed E-state index contributed by atoms with van der Waals surface area (Å²) in [4.78, 5) is 35.3. The molecule has 0 unspecified atom stereocenters. The number of nitro groups is 1. The number of carbonyl (C=O) groups is 1. The van der Waals surface area contributed by atoms with Crippen LogP contribution in [0.15, 0.2) is 53.3 Å². The lowest BCUT2D eigenvalue weighted by Crippen LogP contribution is -2.28. The van der Waals surface area contributed by atoms with Crippen LogP contribution >= 0.6 is 0 Å². The van der Waals surface area contributed by atoms with Crippen molar-refractivity contribution in [2.75, 3.05) is 7.11 Å². The van der Waals surface area contributed by atoms with E-state index in [0.29, 0.717) is 0 Å². The molecule has 2 aromatic carbocycles. The second kappa shape index (κ2) is 6.67. The summed E-state index contributed by atoms with van der Waals surface area (Å²) >= 11 is 0. The number of esters is 1. The normalized spacial score (nSPS) is 10.7. The van der Waals surface area contributed by atoms with E-state index >= 15 is 0 Å². The second-order valence-corrected chi connectivity index (χ2v) is 5.55. The summed E-state index contributed by atoms with van der Waals surface area (Å²) in [5.74, 6) is -1.54. The van der Waals surface area contributed by atoms with Gasteiger partial charge in [-0.25, -0.2) is 4.79 Å². The summed E-state index contributed by atoms with van der Waals surface area (Å²) in [6.45, 7) is 0.0710. The molecular weight excluding hydrogens is 340 g/mol. The van der Waals surface area contributed by atoms with Gasteiger partial charge in [0.25, 0.3) is 11.2 Å². The van der Waals surface area contributed by atoms with Crippen molar-refractivity contribution in [3.63, 3.8) is 0 Å². The zero-order chi connectivity index (χ0) is 18.8. The molecule has 26 heavy (non-hydrogen) atoms.